The molecule has 1 aliphatic heterocycles. The van der Waals surface area contributed by atoms with Crippen LogP contribution >= 0.6 is 12.2 Å². The minimum absolute atomic E-state index is 0.0528. The monoisotopic (exact) mass is 206 g/mol. The fourth-order valence-corrected chi connectivity index (χ4v) is 1.71. The van der Waals surface area contributed by atoms with Gasteiger partial charge >= 0.3 is 0 Å². The van der Waals surface area contributed by atoms with Crippen molar-refractivity contribution < 1.29 is 9.53 Å². The zero-order chi connectivity index (χ0) is 9.97. The summed E-state index contributed by atoms with van der Waals surface area (Å²) in [5.74, 6) is 0. The van der Waals surface area contributed by atoms with Crippen LogP contribution in [0, 0.1) is 0 Å². The Morgan fingerprint density at radius 3 is 3.14 bits per heavy atom. The SMILES string of the molecule is O=CC=CC1OC1C1=CC(=S)CC=C1. The van der Waals surface area contributed by atoms with Crippen molar-refractivity contribution in [1.29, 1.82) is 0 Å². The highest BCUT2D eigenvalue weighted by Crippen LogP contribution is 2.32. The summed E-state index contributed by atoms with van der Waals surface area (Å²) >= 11 is 5.10. The van der Waals surface area contributed by atoms with Crippen molar-refractivity contribution >= 4 is 23.4 Å². The van der Waals surface area contributed by atoms with E-state index in [1.54, 1.807) is 6.08 Å². The highest BCUT2D eigenvalue weighted by molar-refractivity contribution is 7.80. The van der Waals surface area contributed by atoms with Crippen LogP contribution in [0.1, 0.15) is 6.42 Å². The smallest absolute Gasteiger partial charge is 0.142 e. The van der Waals surface area contributed by atoms with E-state index in [1.165, 1.54) is 6.08 Å². The van der Waals surface area contributed by atoms with Crippen LogP contribution in [0.3, 0.4) is 0 Å². The van der Waals surface area contributed by atoms with Gasteiger partial charge in [-0.2, -0.15) is 0 Å². The van der Waals surface area contributed by atoms with E-state index in [0.717, 1.165) is 23.1 Å². The quantitative estimate of drug-likeness (QED) is 0.305. The normalized spacial score (nSPS) is 30.6. The van der Waals surface area contributed by atoms with Gasteiger partial charge in [-0.25, -0.2) is 0 Å². The van der Waals surface area contributed by atoms with Crippen LogP contribution in [0.2, 0.25) is 0 Å². The zero-order valence-corrected chi connectivity index (χ0v) is 8.37. The number of ether oxygens (including phenoxy) is 1. The fraction of sp³-hybridized carbons (Fsp3) is 0.273. The molecule has 0 spiro atoms. The van der Waals surface area contributed by atoms with Crippen molar-refractivity contribution in [2.24, 2.45) is 0 Å². The molecule has 72 valence electrons. The fourth-order valence-electron chi connectivity index (χ4n) is 1.47. The molecule has 2 unspecified atom stereocenters. The number of rotatable bonds is 3. The van der Waals surface area contributed by atoms with Crippen molar-refractivity contribution in [2.75, 3.05) is 0 Å². The second-order valence-electron chi connectivity index (χ2n) is 3.26. The second kappa shape index (κ2) is 3.98. The van der Waals surface area contributed by atoms with Crippen molar-refractivity contribution in [3.8, 4) is 0 Å². The van der Waals surface area contributed by atoms with E-state index in [2.05, 4.69) is 0 Å². The summed E-state index contributed by atoms with van der Waals surface area (Å²) in [5, 5.41) is 0. The van der Waals surface area contributed by atoms with Crippen LogP contribution in [0.4, 0.5) is 0 Å². The van der Waals surface area contributed by atoms with Crippen LogP contribution in [0.5, 0.6) is 0 Å². The first-order chi connectivity index (χ1) is 6.81. The van der Waals surface area contributed by atoms with E-state index in [1.807, 2.05) is 18.2 Å². The summed E-state index contributed by atoms with van der Waals surface area (Å²) in [6, 6.07) is 0. The van der Waals surface area contributed by atoms with Gasteiger partial charge in [0.05, 0.1) is 0 Å². The molecule has 0 amide bonds. The third-order valence-corrected chi connectivity index (χ3v) is 2.47. The van der Waals surface area contributed by atoms with Crippen LogP contribution < -0.4 is 0 Å². The number of thiocarbonyl (C=S) groups is 1. The number of carbonyl (C=O) groups excluding carboxylic acids is 1. The van der Waals surface area contributed by atoms with Gasteiger partial charge in [-0.15, -0.1) is 0 Å². The Balaban J connectivity index is 1.99. The number of hydrogen-bond acceptors (Lipinski definition) is 3. The van der Waals surface area contributed by atoms with E-state index in [-0.39, 0.29) is 12.2 Å². The molecule has 0 aromatic carbocycles. The first-order valence-corrected chi connectivity index (χ1v) is 4.90. The Morgan fingerprint density at radius 2 is 2.43 bits per heavy atom. The first-order valence-electron chi connectivity index (χ1n) is 4.49. The van der Waals surface area contributed by atoms with Gasteiger partial charge in [0.1, 0.15) is 18.5 Å². The van der Waals surface area contributed by atoms with Gasteiger partial charge in [-0.05, 0) is 23.8 Å². The van der Waals surface area contributed by atoms with Gasteiger partial charge in [0, 0.05) is 11.3 Å². The van der Waals surface area contributed by atoms with E-state index in [9.17, 15) is 4.79 Å². The molecule has 1 heterocycles. The molecule has 0 aromatic heterocycles. The van der Waals surface area contributed by atoms with Crippen molar-refractivity contribution in [3.05, 3.63) is 36.0 Å². The van der Waals surface area contributed by atoms with E-state index >= 15 is 0 Å². The predicted molar refractivity (Wildman–Crippen MR) is 58.3 cm³/mol. The average molecular weight is 206 g/mol. The molecule has 1 aliphatic carbocycles. The summed E-state index contributed by atoms with van der Waals surface area (Å²) in [5.41, 5.74) is 1.11. The van der Waals surface area contributed by atoms with E-state index in [0.29, 0.717) is 0 Å². The molecule has 1 saturated heterocycles. The topological polar surface area (TPSA) is 29.6 Å². The minimum atomic E-state index is 0.0528. The Bertz CT molecular complexity index is 352. The van der Waals surface area contributed by atoms with Crippen LogP contribution in [-0.4, -0.2) is 23.4 Å². The highest BCUT2D eigenvalue weighted by Gasteiger charge is 2.38. The van der Waals surface area contributed by atoms with Gasteiger partial charge in [-0.3, -0.25) is 4.79 Å². The van der Waals surface area contributed by atoms with Crippen LogP contribution in [0.25, 0.3) is 0 Å². The third kappa shape index (κ3) is 2.05. The second-order valence-corrected chi connectivity index (χ2v) is 3.78. The Hall–Kier alpha value is -1.06. The number of carbonyl (C=O) groups is 1. The lowest BCUT2D eigenvalue weighted by Gasteiger charge is -2.03. The molecular formula is C11H10O2S. The molecule has 3 heteroatoms. The largest absolute Gasteiger partial charge is 0.360 e. The number of allylic oxidation sites excluding steroid dienone is 3. The maximum Gasteiger partial charge on any atom is 0.142 e. The number of hydrogen-bond donors (Lipinski definition) is 0. The minimum Gasteiger partial charge on any atom is -0.360 e. The van der Waals surface area contributed by atoms with Crippen molar-refractivity contribution in [2.45, 2.75) is 18.6 Å². The Labute approximate surface area is 87.9 Å². The molecule has 0 N–H and O–H groups in total. The molecular weight excluding hydrogens is 196 g/mol. The van der Waals surface area contributed by atoms with Gasteiger partial charge in [0.25, 0.3) is 0 Å². The molecule has 2 rings (SSSR count). The summed E-state index contributed by atoms with van der Waals surface area (Å²) in [7, 11) is 0. The number of epoxide rings is 1. The molecule has 0 bridgehead atoms. The van der Waals surface area contributed by atoms with Crippen molar-refractivity contribution in [3.63, 3.8) is 0 Å². The summed E-state index contributed by atoms with van der Waals surface area (Å²) in [4.78, 5) is 11.0. The molecule has 14 heavy (non-hydrogen) atoms. The number of aldehydes is 1. The lowest BCUT2D eigenvalue weighted by atomic mass is 10.0. The first kappa shape index (κ1) is 9.49. The Kier molecular flexibility index (Phi) is 2.70. The molecule has 1 fully saturated rings. The lowest BCUT2D eigenvalue weighted by molar-refractivity contribution is -0.104. The third-order valence-electron chi connectivity index (χ3n) is 2.19. The molecule has 0 saturated carbocycles. The van der Waals surface area contributed by atoms with Crippen LogP contribution in [0.15, 0.2) is 36.0 Å². The summed E-state index contributed by atoms with van der Waals surface area (Å²) in [6.45, 7) is 0. The van der Waals surface area contributed by atoms with Gasteiger partial charge < -0.3 is 4.74 Å². The van der Waals surface area contributed by atoms with Gasteiger partial charge in [0.15, 0.2) is 0 Å². The van der Waals surface area contributed by atoms with E-state index < -0.39 is 0 Å². The molecule has 2 nitrogen and oxygen atoms in total. The highest BCUT2D eigenvalue weighted by atomic mass is 32.1. The van der Waals surface area contributed by atoms with Gasteiger partial charge in [-0.1, -0.05) is 24.4 Å². The standard InChI is InChI=1S/C11H10O2S/c12-6-2-5-10-11(13-10)8-3-1-4-9(14)7-8/h1-3,5-7,10-11H,4H2. The van der Waals surface area contributed by atoms with Crippen molar-refractivity contribution in [1.82, 2.24) is 0 Å². The molecule has 0 radical (unpaired) electrons. The maximum atomic E-state index is 10.1. The predicted octanol–water partition coefficient (Wildman–Crippen LogP) is 1.77. The van der Waals surface area contributed by atoms with Crippen LogP contribution in [-0.2, 0) is 9.53 Å². The molecule has 2 atom stereocenters. The molecule has 0 aromatic rings. The lowest BCUT2D eigenvalue weighted by Crippen LogP contribution is -2.01. The summed E-state index contributed by atoms with van der Waals surface area (Å²) in [6.07, 6.45) is 11.1. The van der Waals surface area contributed by atoms with Gasteiger partial charge in [0.2, 0.25) is 0 Å². The maximum absolute atomic E-state index is 10.1. The summed E-state index contributed by atoms with van der Waals surface area (Å²) < 4.78 is 5.38. The molecule has 2 aliphatic rings. The Morgan fingerprint density at radius 1 is 1.57 bits per heavy atom. The van der Waals surface area contributed by atoms with E-state index in [4.69, 9.17) is 17.0 Å². The average Bonchev–Trinajstić information content (AvgIpc) is 2.94. The zero-order valence-electron chi connectivity index (χ0n) is 7.55.